The van der Waals surface area contributed by atoms with E-state index in [2.05, 4.69) is 32.7 Å². The van der Waals surface area contributed by atoms with Gasteiger partial charge in [-0.1, -0.05) is 6.42 Å². The van der Waals surface area contributed by atoms with Crippen molar-refractivity contribution in [1.82, 2.24) is 0 Å². The Morgan fingerprint density at radius 1 is 0.960 bits per heavy atom. The van der Waals surface area contributed by atoms with Crippen molar-refractivity contribution >= 4 is 28.6 Å². The molecule has 25 heavy (non-hydrogen) atoms. The van der Waals surface area contributed by atoms with Crippen LogP contribution in [0.15, 0.2) is 12.2 Å². The molecule has 1 aliphatic carbocycles. The summed E-state index contributed by atoms with van der Waals surface area (Å²) in [5.74, 6) is -0.952. The zero-order valence-corrected chi connectivity index (χ0v) is 18.4. The molecule has 0 aromatic carbocycles. The maximum atomic E-state index is 11.7. The molecule has 1 aliphatic rings. The first-order valence-corrected chi connectivity index (χ1v) is 15.9. The summed E-state index contributed by atoms with van der Waals surface area (Å²) < 4.78 is 16.7. The predicted molar refractivity (Wildman–Crippen MR) is 104 cm³/mol. The summed E-state index contributed by atoms with van der Waals surface area (Å²) in [4.78, 5) is 23.3. The van der Waals surface area contributed by atoms with Crippen LogP contribution in [0.4, 0.5) is 0 Å². The van der Waals surface area contributed by atoms with Gasteiger partial charge in [0.1, 0.15) is 6.10 Å². The highest BCUT2D eigenvalue weighted by molar-refractivity contribution is 6.84. The zero-order valence-electron chi connectivity index (χ0n) is 16.4. The van der Waals surface area contributed by atoms with Gasteiger partial charge in [-0.25, -0.2) is 9.59 Å². The van der Waals surface area contributed by atoms with Crippen LogP contribution in [-0.2, 0) is 23.2 Å². The molecule has 0 unspecified atom stereocenters. The van der Waals surface area contributed by atoms with E-state index >= 15 is 0 Å². The van der Waals surface area contributed by atoms with Crippen molar-refractivity contribution in [2.45, 2.75) is 83.4 Å². The Morgan fingerprint density at radius 3 is 2.16 bits per heavy atom. The van der Waals surface area contributed by atoms with E-state index in [1.165, 1.54) is 12.5 Å². The summed E-state index contributed by atoms with van der Waals surface area (Å²) in [5.41, 5.74) is 0. The number of hydrogen-bond acceptors (Lipinski definition) is 5. The van der Waals surface area contributed by atoms with Gasteiger partial charge >= 0.3 is 11.9 Å². The second-order valence-electron chi connectivity index (χ2n) is 8.28. The molecule has 0 atom stereocenters. The molecule has 0 aromatic rings. The average Bonchev–Trinajstić information content (AvgIpc) is 2.48. The van der Waals surface area contributed by atoms with E-state index in [-0.39, 0.29) is 6.10 Å². The van der Waals surface area contributed by atoms with Crippen LogP contribution in [0.3, 0.4) is 0 Å². The average molecular weight is 387 g/mol. The largest absolute Gasteiger partial charge is 0.463 e. The first-order chi connectivity index (χ1) is 11.6. The Labute approximate surface area is 154 Å². The maximum absolute atomic E-state index is 11.7. The molecule has 144 valence electrons. The van der Waals surface area contributed by atoms with E-state index in [0.29, 0.717) is 6.61 Å². The van der Waals surface area contributed by atoms with Crippen LogP contribution >= 0.6 is 0 Å². The van der Waals surface area contributed by atoms with Crippen LogP contribution in [0, 0.1) is 0 Å². The number of carbonyl (C=O) groups excluding carboxylic acids is 2. The van der Waals surface area contributed by atoms with Crippen LogP contribution in [0.25, 0.3) is 0 Å². The quantitative estimate of drug-likeness (QED) is 0.254. The van der Waals surface area contributed by atoms with Crippen molar-refractivity contribution in [3.63, 3.8) is 0 Å². The minimum atomic E-state index is -1.69. The van der Waals surface area contributed by atoms with Gasteiger partial charge in [-0.05, 0) is 70.9 Å². The van der Waals surface area contributed by atoms with Crippen molar-refractivity contribution < 1.29 is 23.2 Å². The molecule has 0 saturated heterocycles. The van der Waals surface area contributed by atoms with Gasteiger partial charge in [-0.15, -0.1) is 0 Å². The fraction of sp³-hybridized carbons (Fsp3) is 0.778. The number of ether oxygens (including phenoxy) is 2. The normalized spacial score (nSPS) is 16.8. The molecule has 0 bridgehead atoms. The Bertz CT molecular complexity index is 463. The molecule has 1 fully saturated rings. The lowest BCUT2D eigenvalue weighted by Crippen LogP contribution is -2.42. The highest BCUT2D eigenvalue weighted by Gasteiger charge is 2.29. The van der Waals surface area contributed by atoms with Gasteiger partial charge in [0.15, 0.2) is 16.6 Å². The second-order valence-corrected chi connectivity index (χ2v) is 17.3. The van der Waals surface area contributed by atoms with Gasteiger partial charge in [-0.2, -0.15) is 0 Å². The Morgan fingerprint density at radius 2 is 1.56 bits per heavy atom. The highest BCUT2D eigenvalue weighted by atomic mass is 28.4. The maximum Gasteiger partial charge on any atom is 0.331 e. The first kappa shape index (κ1) is 22.1. The number of esters is 2. The molecular weight excluding hydrogens is 352 g/mol. The summed E-state index contributed by atoms with van der Waals surface area (Å²) in [6.07, 6.45) is 8.37. The van der Waals surface area contributed by atoms with Gasteiger partial charge in [0.2, 0.25) is 0 Å². The van der Waals surface area contributed by atoms with Gasteiger partial charge in [0.25, 0.3) is 0 Å². The standard InChI is InChI=1S/C18H34O5Si2/c1-24(2,3)23-25(4,5)15-9-14-21-17(19)12-13-18(20)22-16-10-7-6-8-11-16/h12-13,16H,6-11,14-15H2,1-5H3. The van der Waals surface area contributed by atoms with Crippen molar-refractivity contribution in [3.05, 3.63) is 12.2 Å². The summed E-state index contributed by atoms with van der Waals surface area (Å²) in [5, 5.41) is 0. The fourth-order valence-electron chi connectivity index (χ4n) is 3.12. The lowest BCUT2D eigenvalue weighted by molar-refractivity contribution is -0.145. The minimum absolute atomic E-state index is 0.000442. The molecule has 7 heteroatoms. The highest BCUT2D eigenvalue weighted by Crippen LogP contribution is 2.21. The molecular formula is C18H34O5Si2. The third-order valence-corrected chi connectivity index (χ3v) is 10.2. The molecule has 0 N–H and O–H groups in total. The molecule has 0 aromatic heterocycles. The van der Waals surface area contributed by atoms with Gasteiger partial charge < -0.3 is 13.6 Å². The molecule has 0 aliphatic heterocycles. The van der Waals surface area contributed by atoms with Crippen LogP contribution < -0.4 is 0 Å². The third-order valence-electron chi connectivity index (χ3n) is 3.94. The monoisotopic (exact) mass is 386 g/mol. The van der Waals surface area contributed by atoms with Gasteiger partial charge in [-0.3, -0.25) is 0 Å². The van der Waals surface area contributed by atoms with Crippen molar-refractivity contribution in [2.75, 3.05) is 6.61 Å². The van der Waals surface area contributed by atoms with E-state index in [4.69, 9.17) is 13.6 Å². The molecule has 5 nitrogen and oxygen atoms in total. The molecule has 0 heterocycles. The number of rotatable bonds is 9. The Kier molecular flexibility index (Phi) is 9.09. The molecule has 1 rings (SSSR count). The number of carbonyl (C=O) groups is 2. The SMILES string of the molecule is C[Si](C)(C)O[Si](C)(C)CCCOC(=O)C=CC(=O)OC1CCCCC1. The van der Waals surface area contributed by atoms with E-state index in [1.807, 2.05) is 0 Å². The van der Waals surface area contributed by atoms with E-state index in [0.717, 1.165) is 44.2 Å². The third kappa shape index (κ3) is 11.3. The lowest BCUT2D eigenvalue weighted by Gasteiger charge is -2.31. The van der Waals surface area contributed by atoms with Gasteiger partial charge in [0.05, 0.1) is 6.61 Å². The molecule has 0 amide bonds. The van der Waals surface area contributed by atoms with E-state index < -0.39 is 28.6 Å². The van der Waals surface area contributed by atoms with Crippen molar-refractivity contribution in [2.24, 2.45) is 0 Å². The van der Waals surface area contributed by atoms with Gasteiger partial charge in [0, 0.05) is 12.2 Å². The summed E-state index contributed by atoms with van der Waals surface area (Å²) >= 11 is 0. The predicted octanol–water partition coefficient (Wildman–Crippen LogP) is 4.41. The first-order valence-electron chi connectivity index (χ1n) is 9.33. The minimum Gasteiger partial charge on any atom is -0.463 e. The van der Waals surface area contributed by atoms with Crippen LogP contribution in [0.5, 0.6) is 0 Å². The van der Waals surface area contributed by atoms with Crippen LogP contribution in [-0.4, -0.2) is 41.3 Å². The van der Waals surface area contributed by atoms with Crippen molar-refractivity contribution in [1.29, 1.82) is 0 Å². The molecule has 1 saturated carbocycles. The van der Waals surface area contributed by atoms with E-state index in [1.54, 1.807) is 0 Å². The van der Waals surface area contributed by atoms with Crippen LogP contribution in [0.2, 0.25) is 38.8 Å². The Hall–Kier alpha value is -0.926. The van der Waals surface area contributed by atoms with Crippen molar-refractivity contribution in [3.8, 4) is 0 Å². The molecule has 0 radical (unpaired) electrons. The summed E-state index contributed by atoms with van der Waals surface area (Å²) in [6.45, 7) is 11.3. The lowest BCUT2D eigenvalue weighted by atomic mass is 9.98. The van der Waals surface area contributed by atoms with E-state index in [9.17, 15) is 9.59 Å². The Balaban J connectivity index is 2.20. The zero-order chi connectivity index (χ0) is 18.9. The van der Waals surface area contributed by atoms with Crippen LogP contribution in [0.1, 0.15) is 38.5 Å². The smallest absolute Gasteiger partial charge is 0.331 e. The fourth-order valence-corrected chi connectivity index (χ4v) is 11.2. The summed E-state index contributed by atoms with van der Waals surface area (Å²) in [6, 6.07) is 0.956. The topological polar surface area (TPSA) is 61.8 Å². The number of hydrogen-bond donors (Lipinski definition) is 0. The summed E-state index contributed by atoms with van der Waals surface area (Å²) in [7, 11) is -3.22. The molecule has 0 spiro atoms. The second kappa shape index (κ2) is 10.3.